The maximum absolute atomic E-state index is 15.2. The van der Waals surface area contributed by atoms with Crippen molar-refractivity contribution in [3.63, 3.8) is 0 Å². The Hall–Kier alpha value is -2.29. The highest BCUT2D eigenvalue weighted by Crippen LogP contribution is 2.46. The zero-order chi connectivity index (χ0) is 20.4. The van der Waals surface area contributed by atoms with E-state index < -0.39 is 41.1 Å². The fourth-order valence-electron chi connectivity index (χ4n) is 2.78. The van der Waals surface area contributed by atoms with Gasteiger partial charge in [-0.05, 0) is 47.1 Å². The molecule has 0 saturated carbocycles. The highest BCUT2D eigenvalue weighted by molar-refractivity contribution is 9.10. The van der Waals surface area contributed by atoms with Crippen LogP contribution in [0.4, 0.5) is 4.39 Å². The van der Waals surface area contributed by atoms with Gasteiger partial charge in [-0.2, -0.15) is 0 Å². The molecule has 2 aromatic rings. The minimum absolute atomic E-state index is 0.211. The Kier molecular flexibility index (Phi) is 5.83. The monoisotopic (exact) mass is 452 g/mol. The standard InChI is InChI=1S/C20H18BrFO6/c1-19(22)16(27-18(24)14-10-6-3-7-11-14)15(28-20(19,21)25)12-26-17(23)13-8-4-2-5-9-13/h2-11,15-16,25H,12H2,1H3/t15-,16-,19?,20?/m1/s1. The molecular weight excluding hydrogens is 435 g/mol. The summed E-state index contributed by atoms with van der Waals surface area (Å²) >= 11 is 2.77. The molecule has 0 aliphatic carbocycles. The van der Waals surface area contributed by atoms with Crippen LogP contribution in [-0.2, 0) is 14.2 Å². The van der Waals surface area contributed by atoms with Crippen LogP contribution in [0.3, 0.4) is 0 Å². The van der Waals surface area contributed by atoms with Crippen LogP contribution in [0.5, 0.6) is 0 Å². The normalized spacial score (nSPS) is 29.3. The van der Waals surface area contributed by atoms with Gasteiger partial charge in [0.1, 0.15) is 12.7 Å². The summed E-state index contributed by atoms with van der Waals surface area (Å²) in [6.45, 7) is 0.609. The van der Waals surface area contributed by atoms with E-state index in [1.165, 1.54) is 12.1 Å². The fourth-order valence-corrected chi connectivity index (χ4v) is 3.25. The van der Waals surface area contributed by atoms with Crippen molar-refractivity contribution in [2.24, 2.45) is 0 Å². The van der Waals surface area contributed by atoms with Gasteiger partial charge in [-0.3, -0.25) is 0 Å². The number of rotatable bonds is 5. The Morgan fingerprint density at radius 3 is 2.11 bits per heavy atom. The molecule has 1 saturated heterocycles. The number of aliphatic hydroxyl groups is 1. The topological polar surface area (TPSA) is 82.1 Å². The zero-order valence-electron chi connectivity index (χ0n) is 14.9. The number of carbonyl (C=O) groups excluding carboxylic acids is 2. The quantitative estimate of drug-likeness (QED) is 0.553. The highest BCUT2D eigenvalue weighted by atomic mass is 79.9. The first-order valence-electron chi connectivity index (χ1n) is 8.48. The Balaban J connectivity index is 1.74. The van der Waals surface area contributed by atoms with Gasteiger partial charge in [-0.25, -0.2) is 14.0 Å². The first-order chi connectivity index (χ1) is 13.2. The summed E-state index contributed by atoms with van der Waals surface area (Å²) in [7, 11) is 0. The summed E-state index contributed by atoms with van der Waals surface area (Å²) in [6.07, 6.45) is -2.74. The number of esters is 2. The van der Waals surface area contributed by atoms with Crippen LogP contribution >= 0.6 is 15.9 Å². The SMILES string of the molecule is CC1(F)[C@H](OC(=O)c2ccccc2)[C@@H](COC(=O)c2ccccc2)OC1(O)Br. The molecular formula is C20H18BrFO6. The predicted octanol–water partition coefficient (Wildman–Crippen LogP) is 3.24. The summed E-state index contributed by atoms with van der Waals surface area (Å²) in [5, 5.41) is 10.2. The summed E-state index contributed by atoms with van der Waals surface area (Å²) in [4.78, 5) is 24.5. The third-order valence-corrected chi connectivity index (χ3v) is 5.38. The number of halogens is 2. The maximum Gasteiger partial charge on any atom is 0.338 e. The van der Waals surface area contributed by atoms with Gasteiger partial charge in [0.2, 0.25) is 5.67 Å². The molecule has 8 heteroatoms. The molecule has 2 aromatic carbocycles. The molecule has 4 atom stereocenters. The summed E-state index contributed by atoms with van der Waals surface area (Å²) in [6, 6.07) is 16.2. The van der Waals surface area contributed by atoms with E-state index in [4.69, 9.17) is 14.2 Å². The van der Waals surface area contributed by atoms with Crippen LogP contribution < -0.4 is 0 Å². The fraction of sp³-hybridized carbons (Fsp3) is 0.300. The van der Waals surface area contributed by atoms with Crippen molar-refractivity contribution < 1.29 is 33.3 Å². The van der Waals surface area contributed by atoms with Crippen LogP contribution in [-0.4, -0.2) is 46.2 Å². The van der Waals surface area contributed by atoms with E-state index in [0.29, 0.717) is 5.56 Å². The molecule has 0 spiro atoms. The molecule has 28 heavy (non-hydrogen) atoms. The first kappa shape index (κ1) is 20.4. The first-order valence-corrected chi connectivity index (χ1v) is 9.28. The number of benzene rings is 2. The summed E-state index contributed by atoms with van der Waals surface area (Å²) < 4.78 is 28.5. The van der Waals surface area contributed by atoms with Gasteiger partial charge in [0.25, 0.3) is 4.70 Å². The third-order valence-electron chi connectivity index (χ3n) is 4.41. The molecule has 1 aliphatic heterocycles. The molecule has 0 amide bonds. The lowest BCUT2D eigenvalue weighted by atomic mass is 9.99. The van der Waals surface area contributed by atoms with E-state index in [9.17, 15) is 14.7 Å². The minimum Gasteiger partial charge on any atom is -0.459 e. The molecule has 1 fully saturated rings. The van der Waals surface area contributed by atoms with Gasteiger partial charge in [-0.15, -0.1) is 0 Å². The van der Waals surface area contributed by atoms with Crippen LogP contribution in [0, 0.1) is 0 Å². The highest BCUT2D eigenvalue weighted by Gasteiger charge is 2.65. The lowest BCUT2D eigenvalue weighted by Crippen LogP contribution is -2.49. The van der Waals surface area contributed by atoms with Gasteiger partial charge in [-0.1, -0.05) is 36.4 Å². The van der Waals surface area contributed by atoms with Crippen LogP contribution in [0.25, 0.3) is 0 Å². The van der Waals surface area contributed by atoms with Crippen molar-refractivity contribution >= 4 is 27.9 Å². The van der Waals surface area contributed by atoms with Gasteiger partial charge < -0.3 is 19.3 Å². The van der Waals surface area contributed by atoms with Gasteiger partial charge in [0.15, 0.2) is 6.10 Å². The summed E-state index contributed by atoms with van der Waals surface area (Å²) in [5.74, 6) is -1.44. The molecule has 1 N–H and O–H groups in total. The van der Waals surface area contributed by atoms with E-state index in [1.807, 2.05) is 0 Å². The predicted molar refractivity (Wildman–Crippen MR) is 101 cm³/mol. The molecule has 1 aliphatic rings. The molecule has 2 unspecified atom stereocenters. The number of ether oxygens (including phenoxy) is 3. The van der Waals surface area contributed by atoms with Gasteiger partial charge in [0, 0.05) is 0 Å². The van der Waals surface area contributed by atoms with Crippen LogP contribution in [0.1, 0.15) is 27.6 Å². The number of hydrogen-bond donors (Lipinski definition) is 1. The number of alkyl halides is 2. The van der Waals surface area contributed by atoms with E-state index in [2.05, 4.69) is 15.9 Å². The molecule has 0 bridgehead atoms. The second-order valence-electron chi connectivity index (χ2n) is 6.45. The van der Waals surface area contributed by atoms with E-state index in [1.54, 1.807) is 48.5 Å². The van der Waals surface area contributed by atoms with E-state index in [-0.39, 0.29) is 5.56 Å². The Labute approximate surface area is 169 Å². The smallest absolute Gasteiger partial charge is 0.338 e. The average molecular weight is 453 g/mol. The van der Waals surface area contributed by atoms with Crippen molar-refractivity contribution in [2.45, 2.75) is 29.5 Å². The Morgan fingerprint density at radius 1 is 1.07 bits per heavy atom. The number of carbonyl (C=O) groups is 2. The zero-order valence-corrected chi connectivity index (χ0v) is 16.5. The van der Waals surface area contributed by atoms with Crippen LogP contribution in [0.15, 0.2) is 60.7 Å². The van der Waals surface area contributed by atoms with Crippen molar-refractivity contribution in [2.75, 3.05) is 6.61 Å². The molecule has 6 nitrogen and oxygen atoms in total. The van der Waals surface area contributed by atoms with Crippen molar-refractivity contribution in [3.8, 4) is 0 Å². The van der Waals surface area contributed by atoms with Crippen molar-refractivity contribution in [1.29, 1.82) is 0 Å². The lowest BCUT2D eigenvalue weighted by Gasteiger charge is -2.28. The van der Waals surface area contributed by atoms with Gasteiger partial charge in [0.05, 0.1) is 11.1 Å². The van der Waals surface area contributed by atoms with E-state index >= 15 is 4.39 Å². The molecule has 3 rings (SSSR count). The molecule has 0 aromatic heterocycles. The minimum atomic E-state index is -2.50. The van der Waals surface area contributed by atoms with Crippen molar-refractivity contribution in [3.05, 3.63) is 71.8 Å². The van der Waals surface area contributed by atoms with Gasteiger partial charge >= 0.3 is 11.9 Å². The maximum atomic E-state index is 15.2. The summed E-state index contributed by atoms with van der Waals surface area (Å²) in [5.41, 5.74) is -1.99. The molecule has 1 heterocycles. The Bertz CT molecular complexity index is 840. The molecule has 0 radical (unpaired) electrons. The average Bonchev–Trinajstić information content (AvgIpc) is 2.86. The van der Waals surface area contributed by atoms with Crippen LogP contribution in [0.2, 0.25) is 0 Å². The second-order valence-corrected chi connectivity index (χ2v) is 7.52. The largest absolute Gasteiger partial charge is 0.459 e. The molecule has 148 valence electrons. The Morgan fingerprint density at radius 2 is 1.57 bits per heavy atom. The number of hydrogen-bond acceptors (Lipinski definition) is 6. The van der Waals surface area contributed by atoms with E-state index in [0.717, 1.165) is 6.92 Å². The lowest BCUT2D eigenvalue weighted by molar-refractivity contribution is -0.168. The third kappa shape index (κ3) is 4.09. The second kappa shape index (κ2) is 7.98. The van der Waals surface area contributed by atoms with Crippen molar-refractivity contribution in [1.82, 2.24) is 0 Å².